The molecular formula is C19H21NO. The van der Waals surface area contributed by atoms with Crippen LogP contribution in [0.15, 0.2) is 48.5 Å². The quantitative estimate of drug-likeness (QED) is 0.752. The largest absolute Gasteiger partial charge is 0.339 e. The van der Waals surface area contributed by atoms with Gasteiger partial charge in [-0.3, -0.25) is 4.79 Å². The molecule has 0 N–H and O–H groups in total. The molecule has 0 spiro atoms. The van der Waals surface area contributed by atoms with E-state index in [4.69, 9.17) is 0 Å². The first-order valence-electron chi connectivity index (χ1n) is 7.79. The summed E-state index contributed by atoms with van der Waals surface area (Å²) in [5.74, 6) is 0.143. The molecule has 2 aromatic carbocycles. The molecule has 1 heterocycles. The zero-order chi connectivity index (χ0) is 14.5. The van der Waals surface area contributed by atoms with E-state index in [9.17, 15) is 4.79 Å². The summed E-state index contributed by atoms with van der Waals surface area (Å²) in [7, 11) is 0. The maximum Gasteiger partial charge on any atom is 0.246 e. The first-order chi connectivity index (χ1) is 10.3. The molecule has 0 saturated carbocycles. The van der Waals surface area contributed by atoms with Crippen molar-refractivity contribution in [1.29, 1.82) is 0 Å². The molecule has 2 nitrogen and oxygen atoms in total. The normalized spacial score (nSPS) is 16.3. The Labute approximate surface area is 126 Å². The summed E-state index contributed by atoms with van der Waals surface area (Å²) in [5.41, 5.74) is 1.11. The summed E-state index contributed by atoms with van der Waals surface area (Å²) >= 11 is 0. The number of rotatable bonds is 2. The summed E-state index contributed by atoms with van der Waals surface area (Å²) in [6, 6.07) is 14.5. The van der Waals surface area contributed by atoms with Crippen LogP contribution in [0.1, 0.15) is 31.2 Å². The van der Waals surface area contributed by atoms with Gasteiger partial charge in [0.25, 0.3) is 0 Å². The minimum absolute atomic E-state index is 0.143. The standard InChI is InChI=1S/C19H21NO/c21-19(20-14-5-1-2-6-15-20)13-12-17-10-7-9-16-8-3-4-11-18(16)17/h3-4,7-13H,1-2,5-6,14-15H2/b13-12-. The molecule has 3 rings (SSSR count). The maximum atomic E-state index is 12.3. The van der Waals surface area contributed by atoms with Crippen molar-refractivity contribution in [1.82, 2.24) is 4.90 Å². The first-order valence-corrected chi connectivity index (χ1v) is 7.79. The number of amides is 1. The monoisotopic (exact) mass is 279 g/mol. The van der Waals surface area contributed by atoms with Crippen molar-refractivity contribution < 1.29 is 4.79 Å². The van der Waals surface area contributed by atoms with Crippen LogP contribution < -0.4 is 0 Å². The van der Waals surface area contributed by atoms with E-state index in [0.29, 0.717) is 0 Å². The van der Waals surface area contributed by atoms with Crippen LogP contribution in [0.4, 0.5) is 0 Å². The molecule has 21 heavy (non-hydrogen) atoms. The summed E-state index contributed by atoms with van der Waals surface area (Å²) in [5, 5.41) is 2.40. The fourth-order valence-electron chi connectivity index (χ4n) is 2.95. The van der Waals surface area contributed by atoms with Gasteiger partial charge in [0.05, 0.1) is 0 Å². The summed E-state index contributed by atoms with van der Waals surface area (Å²) in [4.78, 5) is 14.3. The summed E-state index contributed by atoms with van der Waals surface area (Å²) < 4.78 is 0. The molecule has 1 aliphatic heterocycles. The third kappa shape index (κ3) is 3.33. The molecule has 108 valence electrons. The van der Waals surface area contributed by atoms with Crippen molar-refractivity contribution in [3.63, 3.8) is 0 Å². The van der Waals surface area contributed by atoms with Crippen LogP contribution in [-0.2, 0) is 4.79 Å². The second kappa shape index (κ2) is 6.57. The van der Waals surface area contributed by atoms with Crippen LogP contribution >= 0.6 is 0 Å². The Bertz CT molecular complexity index is 646. The third-order valence-electron chi connectivity index (χ3n) is 4.15. The van der Waals surface area contributed by atoms with E-state index in [2.05, 4.69) is 24.3 Å². The van der Waals surface area contributed by atoms with Crippen LogP contribution in [0.25, 0.3) is 16.8 Å². The molecule has 0 aliphatic carbocycles. The molecule has 1 fully saturated rings. The predicted octanol–water partition coefficient (Wildman–Crippen LogP) is 4.26. The number of hydrogen-bond donors (Lipinski definition) is 0. The van der Waals surface area contributed by atoms with Crippen molar-refractivity contribution in [3.05, 3.63) is 54.1 Å². The molecule has 1 amide bonds. The van der Waals surface area contributed by atoms with Crippen molar-refractivity contribution in [2.45, 2.75) is 25.7 Å². The van der Waals surface area contributed by atoms with Crippen LogP contribution in [0.5, 0.6) is 0 Å². The lowest BCUT2D eigenvalue weighted by Crippen LogP contribution is -2.30. The van der Waals surface area contributed by atoms with Gasteiger partial charge in [-0.15, -0.1) is 0 Å². The van der Waals surface area contributed by atoms with Gasteiger partial charge in [0.15, 0.2) is 0 Å². The number of carbonyl (C=O) groups is 1. The lowest BCUT2D eigenvalue weighted by atomic mass is 10.0. The smallest absolute Gasteiger partial charge is 0.246 e. The minimum atomic E-state index is 0.143. The van der Waals surface area contributed by atoms with Crippen LogP contribution in [-0.4, -0.2) is 23.9 Å². The Balaban J connectivity index is 1.79. The minimum Gasteiger partial charge on any atom is -0.339 e. The summed E-state index contributed by atoms with van der Waals surface area (Å²) in [6.07, 6.45) is 8.44. The van der Waals surface area contributed by atoms with E-state index in [1.807, 2.05) is 29.2 Å². The Morgan fingerprint density at radius 1 is 0.905 bits per heavy atom. The van der Waals surface area contributed by atoms with Gasteiger partial charge >= 0.3 is 0 Å². The molecular weight excluding hydrogens is 258 g/mol. The van der Waals surface area contributed by atoms with E-state index < -0.39 is 0 Å². The van der Waals surface area contributed by atoms with E-state index >= 15 is 0 Å². The van der Waals surface area contributed by atoms with Gasteiger partial charge in [-0.1, -0.05) is 55.3 Å². The third-order valence-corrected chi connectivity index (χ3v) is 4.15. The Hall–Kier alpha value is -2.09. The van der Waals surface area contributed by atoms with E-state index in [0.717, 1.165) is 31.5 Å². The molecule has 2 aromatic rings. The van der Waals surface area contributed by atoms with Crippen LogP contribution in [0.2, 0.25) is 0 Å². The number of hydrogen-bond acceptors (Lipinski definition) is 1. The van der Waals surface area contributed by atoms with Gasteiger partial charge in [-0.25, -0.2) is 0 Å². The van der Waals surface area contributed by atoms with E-state index in [1.165, 1.54) is 23.6 Å². The van der Waals surface area contributed by atoms with Gasteiger partial charge in [-0.2, -0.15) is 0 Å². The Morgan fingerprint density at radius 2 is 1.62 bits per heavy atom. The number of nitrogens with zero attached hydrogens (tertiary/aromatic N) is 1. The van der Waals surface area contributed by atoms with Crippen molar-refractivity contribution >= 4 is 22.8 Å². The molecule has 0 radical (unpaired) electrons. The average molecular weight is 279 g/mol. The zero-order valence-electron chi connectivity index (χ0n) is 12.3. The maximum absolute atomic E-state index is 12.3. The van der Waals surface area contributed by atoms with Gasteiger partial charge in [0, 0.05) is 19.2 Å². The molecule has 2 heteroatoms. The molecule has 0 bridgehead atoms. The lowest BCUT2D eigenvalue weighted by molar-refractivity contribution is -0.125. The first kappa shape index (κ1) is 13.9. The van der Waals surface area contributed by atoms with Crippen LogP contribution in [0.3, 0.4) is 0 Å². The highest BCUT2D eigenvalue weighted by molar-refractivity contribution is 5.96. The second-order valence-electron chi connectivity index (χ2n) is 5.64. The zero-order valence-corrected chi connectivity index (χ0v) is 12.3. The summed E-state index contributed by atoms with van der Waals surface area (Å²) in [6.45, 7) is 1.80. The lowest BCUT2D eigenvalue weighted by Gasteiger charge is -2.18. The van der Waals surface area contributed by atoms with Crippen molar-refractivity contribution in [3.8, 4) is 0 Å². The number of carbonyl (C=O) groups excluding carboxylic acids is 1. The fraction of sp³-hybridized carbons (Fsp3) is 0.316. The average Bonchev–Trinajstić information content (AvgIpc) is 2.82. The predicted molar refractivity (Wildman–Crippen MR) is 88.0 cm³/mol. The number of benzene rings is 2. The van der Waals surface area contributed by atoms with Crippen molar-refractivity contribution in [2.24, 2.45) is 0 Å². The Morgan fingerprint density at radius 3 is 2.43 bits per heavy atom. The number of likely N-dealkylation sites (tertiary alicyclic amines) is 1. The van der Waals surface area contributed by atoms with Gasteiger partial charge in [-0.05, 0) is 35.3 Å². The highest BCUT2D eigenvalue weighted by atomic mass is 16.2. The number of fused-ring (bicyclic) bond motifs is 1. The Kier molecular flexibility index (Phi) is 4.34. The highest BCUT2D eigenvalue weighted by Gasteiger charge is 2.12. The van der Waals surface area contributed by atoms with Gasteiger partial charge in [0.2, 0.25) is 5.91 Å². The van der Waals surface area contributed by atoms with E-state index in [1.54, 1.807) is 6.08 Å². The second-order valence-corrected chi connectivity index (χ2v) is 5.64. The SMILES string of the molecule is O=C(/C=C\c1cccc2ccccc12)N1CCCCCC1. The van der Waals surface area contributed by atoms with Gasteiger partial charge in [0.1, 0.15) is 0 Å². The molecule has 1 aliphatic rings. The molecule has 0 unspecified atom stereocenters. The van der Waals surface area contributed by atoms with Crippen LogP contribution in [0, 0.1) is 0 Å². The molecule has 0 atom stereocenters. The molecule has 0 aromatic heterocycles. The van der Waals surface area contributed by atoms with Crippen molar-refractivity contribution in [2.75, 3.05) is 13.1 Å². The topological polar surface area (TPSA) is 20.3 Å². The van der Waals surface area contributed by atoms with Gasteiger partial charge < -0.3 is 4.90 Å². The fourth-order valence-corrected chi connectivity index (χ4v) is 2.95. The highest BCUT2D eigenvalue weighted by Crippen LogP contribution is 2.20. The van der Waals surface area contributed by atoms with E-state index in [-0.39, 0.29) is 5.91 Å². The molecule has 1 saturated heterocycles.